The number of benzene rings is 2. The molecule has 0 spiro atoms. The average Bonchev–Trinajstić information content (AvgIpc) is 3.63. The van der Waals surface area contributed by atoms with Crippen LogP contribution in [-0.4, -0.2) is 59.7 Å². The molecule has 40 heavy (non-hydrogen) atoms. The second-order valence-electron chi connectivity index (χ2n) is 9.87. The number of hydrogen-bond acceptors (Lipinski definition) is 7. The number of para-hydroxylation sites is 2. The maximum Gasteiger partial charge on any atom is 0.247 e. The molecule has 1 aliphatic rings. The van der Waals surface area contributed by atoms with Crippen LogP contribution in [0.5, 0.6) is 0 Å². The number of carbonyl (C=O) groups excluding carboxylic acids is 1. The molecule has 202 valence electrons. The number of nitrogens with two attached hydrogens (primary N) is 1. The number of hydrogen-bond donors (Lipinski definition) is 2. The number of nitrogens with zero attached hydrogens (tertiary/aromatic N) is 7. The van der Waals surface area contributed by atoms with Crippen LogP contribution in [0.2, 0.25) is 0 Å². The zero-order valence-corrected chi connectivity index (χ0v) is 22.4. The lowest BCUT2D eigenvalue weighted by molar-refractivity contribution is -0.111. The van der Waals surface area contributed by atoms with Gasteiger partial charge in [-0.3, -0.25) is 14.0 Å². The highest BCUT2D eigenvalue weighted by Crippen LogP contribution is 2.32. The first-order valence-corrected chi connectivity index (χ1v) is 13.4. The molecule has 1 fully saturated rings. The van der Waals surface area contributed by atoms with Gasteiger partial charge in [0.05, 0.1) is 35.2 Å². The van der Waals surface area contributed by atoms with E-state index in [0.717, 1.165) is 54.8 Å². The van der Waals surface area contributed by atoms with Crippen molar-refractivity contribution in [2.45, 2.75) is 25.8 Å². The summed E-state index contributed by atoms with van der Waals surface area (Å²) < 4.78 is 4.03. The first-order valence-electron chi connectivity index (χ1n) is 13.4. The number of nitrogen functional groups attached to an aromatic ring is 1. The van der Waals surface area contributed by atoms with Crippen molar-refractivity contribution in [3.8, 4) is 28.5 Å². The third-order valence-electron chi connectivity index (χ3n) is 7.41. The van der Waals surface area contributed by atoms with Gasteiger partial charge in [0.25, 0.3) is 0 Å². The molecule has 2 aromatic carbocycles. The molecule has 3 aromatic heterocycles. The minimum Gasteiger partial charge on any atom is -0.382 e. The number of fused-ring (bicyclic) bond motifs is 1. The monoisotopic (exact) mass is 533 g/mol. The highest BCUT2D eigenvalue weighted by atomic mass is 16.1. The molecular weight excluding hydrogens is 502 g/mol. The predicted octanol–water partition coefficient (Wildman–Crippen LogP) is 4.71. The molecule has 10 heteroatoms. The summed E-state index contributed by atoms with van der Waals surface area (Å²) in [6.45, 7) is 8.98. The Bertz CT molecular complexity index is 1690. The normalized spacial score (nSPS) is 14.4. The van der Waals surface area contributed by atoms with E-state index in [9.17, 15) is 4.79 Å². The van der Waals surface area contributed by atoms with E-state index in [1.165, 1.54) is 6.08 Å². The zero-order chi connectivity index (χ0) is 27.6. The number of rotatable bonds is 7. The lowest BCUT2D eigenvalue weighted by Crippen LogP contribution is -2.34. The standard InChI is InChI=1S/C30H31N9O/c1-3-27(40)34-21-8-7-9-23(16-21)39-26-11-6-5-10-24(26)36-30(39)28-29(31)32-18-25(35-28)20-17-33-38(19-20)22-12-14-37(4-2)15-13-22/h3,5-11,16-19,22H,1,4,12-15H2,2H3,(H2,31,32)(H,34,40). The number of piperidine rings is 1. The van der Waals surface area contributed by atoms with E-state index < -0.39 is 0 Å². The molecule has 0 unspecified atom stereocenters. The predicted molar refractivity (Wildman–Crippen MR) is 157 cm³/mol. The molecule has 0 atom stereocenters. The van der Waals surface area contributed by atoms with Crippen LogP contribution in [0.25, 0.3) is 39.5 Å². The van der Waals surface area contributed by atoms with E-state index in [1.807, 2.05) is 65.5 Å². The molecule has 0 saturated carbocycles. The van der Waals surface area contributed by atoms with Crippen molar-refractivity contribution in [2.24, 2.45) is 0 Å². The lowest BCUT2D eigenvalue weighted by Gasteiger charge is -2.31. The van der Waals surface area contributed by atoms with Gasteiger partial charge in [-0.15, -0.1) is 0 Å². The quantitative estimate of drug-likeness (QED) is 0.291. The molecule has 3 N–H and O–H groups in total. The Morgan fingerprint density at radius 3 is 2.75 bits per heavy atom. The summed E-state index contributed by atoms with van der Waals surface area (Å²) in [6, 6.07) is 15.7. The van der Waals surface area contributed by atoms with Crippen LogP contribution in [0, 0.1) is 0 Å². The summed E-state index contributed by atoms with van der Waals surface area (Å²) in [5.41, 5.74) is 11.5. The fourth-order valence-corrected chi connectivity index (χ4v) is 5.23. The van der Waals surface area contributed by atoms with Gasteiger partial charge in [-0.05, 0) is 55.8 Å². The SMILES string of the molecule is C=CC(=O)Nc1cccc(-n2c(-c3nc(-c4cnn(C5CCN(CC)CC5)c4)cnc3N)nc3ccccc32)c1. The van der Waals surface area contributed by atoms with Crippen LogP contribution >= 0.6 is 0 Å². The molecule has 6 rings (SSSR count). The van der Waals surface area contributed by atoms with Crippen LogP contribution in [-0.2, 0) is 4.79 Å². The lowest BCUT2D eigenvalue weighted by atomic mass is 10.1. The summed E-state index contributed by atoms with van der Waals surface area (Å²) in [5.74, 6) is 0.544. The van der Waals surface area contributed by atoms with Crippen molar-refractivity contribution < 1.29 is 4.79 Å². The largest absolute Gasteiger partial charge is 0.382 e. The van der Waals surface area contributed by atoms with Crippen LogP contribution < -0.4 is 11.1 Å². The smallest absolute Gasteiger partial charge is 0.247 e. The fraction of sp³-hybridized carbons (Fsp3) is 0.233. The van der Waals surface area contributed by atoms with E-state index in [2.05, 4.69) is 38.5 Å². The second-order valence-corrected chi connectivity index (χ2v) is 9.87. The van der Waals surface area contributed by atoms with E-state index in [0.29, 0.717) is 28.9 Å². The Morgan fingerprint density at radius 1 is 1.12 bits per heavy atom. The topological polar surface area (TPSA) is 120 Å². The molecule has 0 aliphatic carbocycles. The van der Waals surface area contributed by atoms with Gasteiger partial charge in [0.15, 0.2) is 11.6 Å². The van der Waals surface area contributed by atoms with Crippen molar-refractivity contribution in [1.82, 2.24) is 34.2 Å². The molecule has 1 aliphatic heterocycles. The molecule has 4 heterocycles. The van der Waals surface area contributed by atoms with Gasteiger partial charge >= 0.3 is 0 Å². The van der Waals surface area contributed by atoms with Crippen molar-refractivity contribution in [3.05, 3.63) is 79.8 Å². The number of nitrogens with one attached hydrogen (secondary N) is 1. The minimum absolute atomic E-state index is 0.274. The fourth-order valence-electron chi connectivity index (χ4n) is 5.23. The van der Waals surface area contributed by atoms with Crippen LogP contribution in [0.4, 0.5) is 11.5 Å². The maximum absolute atomic E-state index is 11.9. The third kappa shape index (κ3) is 4.85. The van der Waals surface area contributed by atoms with Gasteiger partial charge in [-0.25, -0.2) is 15.0 Å². The van der Waals surface area contributed by atoms with Gasteiger partial charge in [-0.1, -0.05) is 31.7 Å². The summed E-state index contributed by atoms with van der Waals surface area (Å²) >= 11 is 0. The first kappa shape index (κ1) is 25.4. The Morgan fingerprint density at radius 2 is 1.95 bits per heavy atom. The Kier molecular flexibility index (Phi) is 6.83. The summed E-state index contributed by atoms with van der Waals surface area (Å²) in [7, 11) is 0. The number of anilines is 2. The highest BCUT2D eigenvalue weighted by molar-refractivity contribution is 5.99. The van der Waals surface area contributed by atoms with E-state index in [1.54, 1.807) is 6.20 Å². The molecular formula is C30H31N9O. The van der Waals surface area contributed by atoms with Crippen molar-refractivity contribution in [2.75, 3.05) is 30.7 Å². The van der Waals surface area contributed by atoms with Gasteiger partial charge in [0, 0.05) is 36.2 Å². The van der Waals surface area contributed by atoms with Gasteiger partial charge in [0.2, 0.25) is 5.91 Å². The zero-order valence-electron chi connectivity index (χ0n) is 22.4. The van der Waals surface area contributed by atoms with Crippen LogP contribution in [0.1, 0.15) is 25.8 Å². The van der Waals surface area contributed by atoms with Crippen molar-refractivity contribution in [1.29, 1.82) is 0 Å². The summed E-state index contributed by atoms with van der Waals surface area (Å²) in [5, 5.41) is 7.49. The number of carbonyl (C=O) groups is 1. The molecule has 0 bridgehead atoms. The van der Waals surface area contributed by atoms with E-state index in [-0.39, 0.29) is 11.7 Å². The molecule has 0 radical (unpaired) electrons. The highest BCUT2D eigenvalue weighted by Gasteiger charge is 2.22. The Labute approximate surface area is 232 Å². The van der Waals surface area contributed by atoms with E-state index >= 15 is 0 Å². The number of likely N-dealkylation sites (tertiary alicyclic amines) is 1. The van der Waals surface area contributed by atoms with E-state index in [4.69, 9.17) is 15.7 Å². The molecule has 10 nitrogen and oxygen atoms in total. The number of aromatic nitrogens is 6. The van der Waals surface area contributed by atoms with Gasteiger partial charge < -0.3 is 16.0 Å². The Balaban J connectivity index is 1.40. The minimum atomic E-state index is -0.285. The maximum atomic E-state index is 11.9. The van der Waals surface area contributed by atoms with Gasteiger partial charge in [-0.2, -0.15) is 5.10 Å². The second kappa shape index (κ2) is 10.7. The number of amides is 1. The number of imidazole rings is 1. The molecule has 1 amide bonds. The Hall–Kier alpha value is -4.83. The summed E-state index contributed by atoms with van der Waals surface area (Å²) in [6.07, 6.45) is 8.95. The average molecular weight is 534 g/mol. The van der Waals surface area contributed by atoms with Crippen molar-refractivity contribution in [3.63, 3.8) is 0 Å². The first-order chi connectivity index (χ1) is 19.5. The van der Waals surface area contributed by atoms with Gasteiger partial charge in [0.1, 0.15) is 5.69 Å². The van der Waals surface area contributed by atoms with Crippen LogP contribution in [0.3, 0.4) is 0 Å². The molecule has 5 aromatic rings. The van der Waals surface area contributed by atoms with Crippen molar-refractivity contribution >= 4 is 28.4 Å². The van der Waals surface area contributed by atoms with Crippen LogP contribution in [0.15, 0.2) is 79.8 Å². The molecule has 1 saturated heterocycles. The summed E-state index contributed by atoms with van der Waals surface area (Å²) in [4.78, 5) is 28.8. The third-order valence-corrected chi connectivity index (χ3v) is 7.41.